The van der Waals surface area contributed by atoms with Crippen LogP contribution < -0.4 is 4.90 Å². The molecule has 2 aliphatic rings. The maximum Gasteiger partial charge on any atom is 0.363 e. The van der Waals surface area contributed by atoms with Gasteiger partial charge in [-0.05, 0) is 28.8 Å². The Morgan fingerprint density at radius 2 is 1.86 bits per heavy atom. The van der Waals surface area contributed by atoms with E-state index in [-0.39, 0.29) is 11.9 Å². The Hall–Kier alpha value is -1.69. The van der Waals surface area contributed by atoms with Gasteiger partial charge in [-0.2, -0.15) is 0 Å². The molecular weight excluding hydrogens is 270 g/mol. The van der Waals surface area contributed by atoms with E-state index in [1.54, 1.807) is 12.3 Å². The first-order valence-electron chi connectivity index (χ1n) is 7.61. The molecule has 1 aliphatic heterocycles. The Kier molecular flexibility index (Phi) is 6.08. The number of anilines is 1. The Bertz CT molecular complexity index is 448. The van der Waals surface area contributed by atoms with Gasteiger partial charge in [-0.15, -0.1) is 0 Å². The number of rotatable bonds is 2. The smallest absolute Gasteiger partial charge is 0.363 e. The van der Waals surface area contributed by atoms with Gasteiger partial charge in [0.05, 0.1) is 11.8 Å². The predicted molar refractivity (Wildman–Crippen MR) is 83.5 cm³/mol. The van der Waals surface area contributed by atoms with Crippen LogP contribution in [0.1, 0.15) is 40.5 Å². The van der Waals surface area contributed by atoms with Crippen molar-refractivity contribution in [1.82, 2.24) is 4.98 Å². The van der Waals surface area contributed by atoms with Gasteiger partial charge in [0.15, 0.2) is 6.20 Å². The summed E-state index contributed by atoms with van der Waals surface area (Å²) in [5.41, 5.74) is 1.21. The van der Waals surface area contributed by atoms with Crippen LogP contribution in [0.4, 0.5) is 11.5 Å². The summed E-state index contributed by atoms with van der Waals surface area (Å²) in [4.78, 5) is 15.9. The lowest BCUT2D eigenvalue weighted by molar-refractivity contribution is -0.389. The topological polar surface area (TPSA) is 79.5 Å². The normalized spacial score (nSPS) is 18.4. The summed E-state index contributed by atoms with van der Waals surface area (Å²) in [7, 11) is 0. The summed E-state index contributed by atoms with van der Waals surface area (Å²) in [6.45, 7) is 9.84. The molecular formula is C15H25N3O3. The van der Waals surface area contributed by atoms with E-state index in [4.69, 9.17) is 0 Å². The summed E-state index contributed by atoms with van der Waals surface area (Å²) in [6, 6.07) is 3.16. The van der Waals surface area contributed by atoms with Crippen LogP contribution in [-0.4, -0.2) is 34.2 Å². The molecule has 1 aliphatic carbocycles. The maximum atomic E-state index is 10.5. The Morgan fingerprint density at radius 3 is 2.24 bits per heavy atom. The lowest BCUT2D eigenvalue weighted by Crippen LogP contribution is -2.63. The lowest BCUT2D eigenvalue weighted by atomic mass is 9.62. The third-order valence-corrected chi connectivity index (χ3v) is 3.67. The van der Waals surface area contributed by atoms with Gasteiger partial charge in [0.2, 0.25) is 0 Å². The fourth-order valence-electron chi connectivity index (χ4n) is 2.82. The molecule has 0 aromatic carbocycles. The van der Waals surface area contributed by atoms with Gasteiger partial charge in [-0.1, -0.05) is 27.7 Å². The highest BCUT2D eigenvalue weighted by Crippen LogP contribution is 2.49. The minimum absolute atomic E-state index is 0.122. The average Bonchev–Trinajstić information content (AvgIpc) is 2.46. The van der Waals surface area contributed by atoms with Crippen molar-refractivity contribution in [3.8, 4) is 0 Å². The summed E-state index contributed by atoms with van der Waals surface area (Å²) < 4.78 is 0. The zero-order valence-electron chi connectivity index (χ0n) is 13.2. The Balaban J connectivity index is 0.000000510. The predicted octanol–water partition coefficient (Wildman–Crippen LogP) is 3.00. The molecule has 6 nitrogen and oxygen atoms in total. The minimum atomic E-state index is -0.496. The Morgan fingerprint density at radius 1 is 1.29 bits per heavy atom. The first kappa shape index (κ1) is 17.4. The molecule has 3 rings (SSSR count). The van der Waals surface area contributed by atoms with Crippen molar-refractivity contribution < 1.29 is 10.0 Å². The maximum absolute atomic E-state index is 10.5. The summed E-state index contributed by atoms with van der Waals surface area (Å²) >= 11 is 0. The molecule has 0 atom stereocenters. The van der Waals surface area contributed by atoms with Crippen LogP contribution in [0, 0.1) is 15.5 Å². The van der Waals surface area contributed by atoms with Gasteiger partial charge < -0.3 is 20.1 Å². The van der Waals surface area contributed by atoms with Gasteiger partial charge in [0.25, 0.3) is 0 Å². The van der Waals surface area contributed by atoms with Crippen molar-refractivity contribution in [2.45, 2.75) is 46.6 Å². The van der Waals surface area contributed by atoms with Crippen LogP contribution in [0.25, 0.3) is 0 Å². The highest BCUT2D eigenvalue weighted by Gasteiger charge is 2.52. The number of hydrogen-bond acceptors (Lipinski definition) is 5. The number of nitro groups is 1. The fraction of sp³-hybridized carbons (Fsp3) is 0.667. The molecule has 0 radical (unpaired) electrons. The molecule has 6 heteroatoms. The number of aromatic nitrogens is 1. The van der Waals surface area contributed by atoms with E-state index in [1.807, 2.05) is 27.7 Å². The molecule has 0 bridgehead atoms. The lowest BCUT2D eigenvalue weighted by Gasteiger charge is -2.58. The van der Waals surface area contributed by atoms with Crippen LogP contribution in [0.5, 0.6) is 0 Å². The van der Waals surface area contributed by atoms with Crippen molar-refractivity contribution in [2.75, 3.05) is 18.0 Å². The molecule has 2 fully saturated rings. The zero-order chi connectivity index (χ0) is 16.0. The number of aliphatic hydroxyl groups is 1. The first-order valence-corrected chi connectivity index (χ1v) is 7.61. The highest BCUT2D eigenvalue weighted by atomic mass is 16.6. The zero-order valence-corrected chi connectivity index (χ0v) is 13.2. The number of nitrogens with zero attached hydrogens (tertiary/aromatic N) is 3. The van der Waals surface area contributed by atoms with Gasteiger partial charge in [0, 0.05) is 24.6 Å². The van der Waals surface area contributed by atoms with Crippen molar-refractivity contribution >= 4 is 11.5 Å². The number of hydrogen-bond donors (Lipinski definition) is 1. The van der Waals surface area contributed by atoms with Gasteiger partial charge in [-0.3, -0.25) is 0 Å². The van der Waals surface area contributed by atoms with Crippen molar-refractivity contribution in [1.29, 1.82) is 0 Å². The monoisotopic (exact) mass is 295 g/mol. The third kappa shape index (κ3) is 3.69. The summed E-state index contributed by atoms with van der Waals surface area (Å²) in [6.07, 6.45) is 3.17. The standard InChI is InChI=1S/C11H13N3O3.2C2H6/c15-9-3-11(4-9)6-13(7-11)8-1-2-10(12-5-8)14(16)17;2*1-2/h1-2,5,9,15H,3-4,6-7H2;2*1-2H3. The van der Waals surface area contributed by atoms with Gasteiger partial charge in [0.1, 0.15) is 0 Å². The van der Waals surface area contributed by atoms with E-state index in [9.17, 15) is 15.2 Å². The fourth-order valence-corrected chi connectivity index (χ4v) is 2.82. The molecule has 0 amide bonds. The number of aliphatic hydroxyl groups excluding tert-OH is 1. The molecule has 2 heterocycles. The molecule has 1 spiro atoms. The molecule has 21 heavy (non-hydrogen) atoms. The van der Waals surface area contributed by atoms with E-state index in [0.717, 1.165) is 31.6 Å². The largest absolute Gasteiger partial charge is 0.393 e. The SMILES string of the molecule is CC.CC.O=[N+]([O-])c1ccc(N2CC3(CC(O)C3)C2)cn1. The molecule has 0 unspecified atom stereocenters. The average molecular weight is 295 g/mol. The highest BCUT2D eigenvalue weighted by molar-refractivity contribution is 5.50. The summed E-state index contributed by atoms with van der Waals surface area (Å²) in [5.74, 6) is -0.122. The van der Waals surface area contributed by atoms with Crippen LogP contribution in [-0.2, 0) is 0 Å². The van der Waals surface area contributed by atoms with Crippen molar-refractivity contribution in [2.24, 2.45) is 5.41 Å². The van der Waals surface area contributed by atoms with E-state index in [0.29, 0.717) is 5.41 Å². The van der Waals surface area contributed by atoms with E-state index in [1.165, 1.54) is 6.07 Å². The number of pyridine rings is 1. The molecule has 1 aromatic rings. The van der Waals surface area contributed by atoms with Gasteiger partial charge in [-0.25, -0.2) is 0 Å². The molecule has 1 saturated carbocycles. The second-order valence-electron chi connectivity index (χ2n) is 5.05. The minimum Gasteiger partial charge on any atom is -0.393 e. The van der Waals surface area contributed by atoms with Crippen LogP contribution >= 0.6 is 0 Å². The van der Waals surface area contributed by atoms with Crippen molar-refractivity contribution in [3.63, 3.8) is 0 Å². The van der Waals surface area contributed by atoms with Gasteiger partial charge >= 0.3 is 5.82 Å². The van der Waals surface area contributed by atoms with Crippen LogP contribution in [0.15, 0.2) is 18.3 Å². The second kappa shape index (κ2) is 7.36. The summed E-state index contributed by atoms with van der Waals surface area (Å²) in [5, 5.41) is 19.8. The van der Waals surface area contributed by atoms with E-state index >= 15 is 0 Å². The Labute approximate surface area is 126 Å². The van der Waals surface area contributed by atoms with Crippen molar-refractivity contribution in [3.05, 3.63) is 28.4 Å². The quantitative estimate of drug-likeness (QED) is 0.670. The molecule has 1 N–H and O–H groups in total. The first-order chi connectivity index (χ1) is 10.1. The third-order valence-electron chi connectivity index (χ3n) is 3.67. The molecule has 1 saturated heterocycles. The second-order valence-corrected chi connectivity index (χ2v) is 5.05. The van der Waals surface area contributed by atoms with Crippen LogP contribution in [0.3, 0.4) is 0 Å². The van der Waals surface area contributed by atoms with E-state index < -0.39 is 4.92 Å². The molecule has 1 aromatic heterocycles. The van der Waals surface area contributed by atoms with E-state index in [2.05, 4.69) is 9.88 Å². The van der Waals surface area contributed by atoms with Crippen LogP contribution in [0.2, 0.25) is 0 Å². The molecule has 118 valence electrons.